The van der Waals surface area contributed by atoms with Crippen LogP contribution < -0.4 is 0 Å². The van der Waals surface area contributed by atoms with E-state index in [2.05, 4.69) is 83.1 Å². The van der Waals surface area contributed by atoms with Crippen LogP contribution in [0.5, 0.6) is 0 Å². The van der Waals surface area contributed by atoms with Crippen LogP contribution in [0.1, 0.15) is 83.1 Å². The molecule has 0 saturated carbocycles. The lowest BCUT2D eigenvalue weighted by atomic mass is 10.3. The molecule has 4 unspecified atom stereocenters. The van der Waals surface area contributed by atoms with Gasteiger partial charge in [-0.25, -0.2) is 0 Å². The predicted octanol–water partition coefficient (Wildman–Crippen LogP) is 10.9. The molecule has 0 aliphatic carbocycles. The standard InChI is InChI=1S/C16H36P6/c1-13(2,3)19-17-18-20(14(4,5)6)22(16(10,11)12)21(19)15(7,8)9/h1-12H3. The molecule has 0 N–H and O–H groups in total. The van der Waals surface area contributed by atoms with Gasteiger partial charge in [-0.05, 0) is 15.1 Å². The van der Waals surface area contributed by atoms with Gasteiger partial charge in [-0.2, -0.15) is 0 Å². The summed E-state index contributed by atoms with van der Waals surface area (Å²) in [5.41, 5.74) is 0. The molecule has 1 heterocycles. The van der Waals surface area contributed by atoms with Crippen molar-refractivity contribution in [2.24, 2.45) is 0 Å². The Morgan fingerprint density at radius 2 is 0.636 bits per heavy atom. The Hall–Kier alpha value is 1.80. The van der Waals surface area contributed by atoms with Gasteiger partial charge in [0.25, 0.3) is 0 Å². The Labute approximate surface area is 146 Å². The molecular formula is C16H36P6. The van der Waals surface area contributed by atoms with E-state index in [1.54, 1.807) is 15.1 Å². The first kappa shape index (κ1) is 21.8. The molecular weight excluding hydrogens is 378 g/mol. The van der Waals surface area contributed by atoms with E-state index in [1.807, 2.05) is 0 Å². The Morgan fingerprint density at radius 1 is 0.409 bits per heavy atom. The molecule has 0 amide bonds. The van der Waals surface area contributed by atoms with Crippen molar-refractivity contribution in [2.75, 3.05) is 0 Å². The fourth-order valence-electron chi connectivity index (χ4n) is 2.29. The van der Waals surface area contributed by atoms with Crippen LogP contribution in [0.25, 0.3) is 0 Å². The van der Waals surface area contributed by atoms with E-state index in [9.17, 15) is 0 Å². The van der Waals surface area contributed by atoms with Gasteiger partial charge in [0, 0.05) is 20.6 Å². The van der Waals surface area contributed by atoms with Crippen LogP contribution in [0.15, 0.2) is 0 Å². The minimum absolute atomic E-state index is 0.120. The molecule has 0 nitrogen and oxygen atoms in total. The molecule has 22 heavy (non-hydrogen) atoms. The van der Waals surface area contributed by atoms with E-state index >= 15 is 0 Å². The molecule has 0 bridgehead atoms. The highest BCUT2D eigenvalue weighted by atomic mass is 32.6. The molecule has 0 radical (unpaired) electrons. The second-order valence-electron chi connectivity index (χ2n) is 10.0. The maximum absolute atomic E-state index is 2.55. The fourth-order valence-corrected chi connectivity index (χ4v) is 77.3. The van der Waals surface area contributed by atoms with Crippen molar-refractivity contribution in [1.29, 1.82) is 0 Å². The largest absolute Gasteiger partial charge is 0.0690 e. The molecule has 0 aromatic carbocycles. The van der Waals surface area contributed by atoms with Crippen molar-refractivity contribution in [2.45, 2.75) is 104 Å². The lowest BCUT2D eigenvalue weighted by Crippen LogP contribution is -2.09. The first-order valence-corrected chi connectivity index (χ1v) is 19.5. The van der Waals surface area contributed by atoms with Gasteiger partial charge in [0.05, 0.1) is 0 Å². The summed E-state index contributed by atoms with van der Waals surface area (Å²) in [6, 6.07) is 0. The highest BCUT2D eigenvalue weighted by Crippen LogP contribution is 2.91. The summed E-state index contributed by atoms with van der Waals surface area (Å²) in [7, 11) is 3.60. The third kappa shape index (κ3) is 5.15. The highest BCUT2D eigenvalue weighted by Gasteiger charge is 2.35. The van der Waals surface area contributed by atoms with E-state index in [0.717, 1.165) is 0 Å². The third-order valence-electron chi connectivity index (χ3n) is 3.15. The maximum Gasteiger partial charge on any atom is 0.00837 e. The van der Waals surface area contributed by atoms with Gasteiger partial charge < -0.3 is 0 Å². The molecule has 0 aliphatic rings. The van der Waals surface area contributed by atoms with Gasteiger partial charge in [-0.1, -0.05) is 111 Å². The summed E-state index contributed by atoms with van der Waals surface area (Å²) >= 11 is 0. The monoisotopic (exact) mass is 414 g/mol. The lowest BCUT2D eigenvalue weighted by molar-refractivity contribution is 0.704. The zero-order valence-electron chi connectivity index (χ0n) is 16.7. The maximum atomic E-state index is 2.55. The molecule has 1 aromatic heterocycles. The van der Waals surface area contributed by atoms with Crippen molar-refractivity contribution in [3.05, 3.63) is 0 Å². The Morgan fingerprint density at radius 3 is 0.773 bits per heavy atom. The Bertz CT molecular complexity index is 499. The quantitative estimate of drug-likeness (QED) is 0.396. The van der Waals surface area contributed by atoms with Crippen LogP contribution in [0, 0.1) is 0 Å². The summed E-state index contributed by atoms with van der Waals surface area (Å²) in [5, 5.41) is 2.02. The second-order valence-corrected chi connectivity index (χ2v) is 35.7. The zero-order valence-corrected chi connectivity index (χ0v) is 22.0. The molecule has 1 aromatic rings. The van der Waals surface area contributed by atoms with Gasteiger partial charge in [-0.3, -0.25) is 0 Å². The van der Waals surface area contributed by atoms with Crippen molar-refractivity contribution in [1.82, 2.24) is 0 Å². The van der Waals surface area contributed by atoms with E-state index < -0.39 is 0 Å². The van der Waals surface area contributed by atoms with Crippen LogP contribution in [0.2, 0.25) is 0 Å². The number of hydrogen-bond donors (Lipinski definition) is 0. The van der Waals surface area contributed by atoms with Crippen LogP contribution >= 0.6 is 42.6 Å². The van der Waals surface area contributed by atoms with E-state index in [1.165, 1.54) is 0 Å². The van der Waals surface area contributed by atoms with Crippen molar-refractivity contribution >= 4 is 42.6 Å². The minimum Gasteiger partial charge on any atom is -0.0690 e. The predicted molar refractivity (Wildman–Crippen MR) is 120 cm³/mol. The van der Waals surface area contributed by atoms with Crippen LogP contribution in [0.4, 0.5) is 0 Å². The Balaban J connectivity index is 4.02. The summed E-state index contributed by atoms with van der Waals surface area (Å²) in [5.74, 6) is 0. The van der Waals surface area contributed by atoms with E-state index in [0.29, 0.717) is 20.6 Å². The number of rotatable bonds is 0. The number of hydrogen-bond acceptors (Lipinski definition) is 0. The first-order chi connectivity index (χ1) is 9.47. The second kappa shape index (κ2) is 6.84. The topological polar surface area (TPSA) is 0 Å². The van der Waals surface area contributed by atoms with E-state index in [4.69, 9.17) is 0 Å². The highest BCUT2D eigenvalue weighted by molar-refractivity contribution is 8.68. The van der Waals surface area contributed by atoms with E-state index in [-0.39, 0.29) is 27.6 Å². The fraction of sp³-hybridized carbons (Fsp3) is 1.00. The zero-order chi connectivity index (χ0) is 17.7. The minimum atomic E-state index is 0.120. The molecule has 130 valence electrons. The van der Waals surface area contributed by atoms with Gasteiger partial charge in [0.1, 0.15) is 0 Å². The molecule has 0 fully saturated rings. The van der Waals surface area contributed by atoms with Crippen LogP contribution in [-0.4, -0.2) is 0 Å². The van der Waals surface area contributed by atoms with Crippen LogP contribution in [0.3, 0.4) is 0 Å². The average Bonchev–Trinajstić information content (AvgIpc) is 2.22. The molecule has 6 heteroatoms. The van der Waals surface area contributed by atoms with Crippen molar-refractivity contribution in [3.63, 3.8) is 0 Å². The molecule has 0 aliphatic heterocycles. The summed E-state index contributed by atoms with van der Waals surface area (Å²) in [6.07, 6.45) is 0. The lowest BCUT2D eigenvalue weighted by Gasteiger charge is -2.40. The van der Waals surface area contributed by atoms with Gasteiger partial charge in [0.15, 0.2) is 0 Å². The summed E-state index contributed by atoms with van der Waals surface area (Å²) < 4.78 is 0. The molecule has 0 saturated heterocycles. The third-order valence-corrected chi connectivity index (χ3v) is 52.0. The van der Waals surface area contributed by atoms with Crippen LogP contribution in [-0.2, 0) is 20.6 Å². The average molecular weight is 414 g/mol. The normalized spacial score (nSPS) is 18.4. The Kier molecular flexibility index (Phi) is 6.79. The molecule has 0 spiro atoms. The summed E-state index contributed by atoms with van der Waals surface area (Å²) in [4.78, 5) is 0. The molecule has 4 atom stereocenters. The first-order valence-electron chi connectivity index (χ1n) is 8.09. The van der Waals surface area contributed by atoms with Gasteiger partial charge >= 0.3 is 0 Å². The van der Waals surface area contributed by atoms with Crippen molar-refractivity contribution < 1.29 is 0 Å². The summed E-state index contributed by atoms with van der Waals surface area (Å²) in [6.45, 7) is 30.9. The SMILES string of the molecule is CC(C)(C)p1ppp(C(C)(C)C)p(C(C)(C)C)p1C(C)(C)C. The van der Waals surface area contributed by atoms with Crippen molar-refractivity contribution in [3.8, 4) is 0 Å². The van der Waals surface area contributed by atoms with Gasteiger partial charge in [0.2, 0.25) is 0 Å². The molecule has 1 rings (SSSR count). The van der Waals surface area contributed by atoms with Gasteiger partial charge in [-0.15, -0.1) is 0 Å². The smallest absolute Gasteiger partial charge is 0.00837 e.